The van der Waals surface area contributed by atoms with Crippen LogP contribution in [0.2, 0.25) is 0 Å². The predicted octanol–water partition coefficient (Wildman–Crippen LogP) is 4.29. The van der Waals surface area contributed by atoms with Gasteiger partial charge in [0.05, 0.1) is 26.9 Å². The number of thiazole rings is 1. The van der Waals surface area contributed by atoms with E-state index < -0.39 is 0 Å². The van der Waals surface area contributed by atoms with Crippen LogP contribution in [0, 0.1) is 6.92 Å². The van der Waals surface area contributed by atoms with E-state index in [4.69, 9.17) is 19.6 Å². The lowest BCUT2D eigenvalue weighted by atomic mass is 10.0. The topological polar surface area (TPSA) is 78.3 Å². The van der Waals surface area contributed by atoms with E-state index in [9.17, 15) is 4.79 Å². The molecule has 1 N–H and O–H groups in total. The fraction of sp³-hybridized carbons (Fsp3) is 0.190. The van der Waals surface area contributed by atoms with E-state index >= 15 is 0 Å². The number of benzene rings is 2. The molecule has 0 radical (unpaired) electrons. The van der Waals surface area contributed by atoms with Crippen molar-refractivity contribution in [2.75, 3.05) is 17.9 Å². The minimum Gasteiger partial charge on any atom is -0.454 e. The molecule has 0 spiro atoms. The van der Waals surface area contributed by atoms with Crippen LogP contribution in [-0.2, 0) is 4.79 Å². The minimum absolute atomic E-state index is 0.0493. The first kappa shape index (κ1) is 17.8. The summed E-state index contributed by atoms with van der Waals surface area (Å²) in [6.45, 7) is 2.21. The van der Waals surface area contributed by atoms with Crippen molar-refractivity contribution in [1.82, 2.24) is 14.8 Å². The van der Waals surface area contributed by atoms with Gasteiger partial charge in [0.25, 0.3) is 0 Å². The molecular formula is C21H16N4O3S2. The number of nitrogens with zero attached hydrogens (tertiary/aromatic N) is 3. The van der Waals surface area contributed by atoms with Crippen LogP contribution in [0.5, 0.6) is 11.5 Å². The smallest absolute Gasteiger partial charge is 0.235 e. The summed E-state index contributed by atoms with van der Waals surface area (Å²) in [7, 11) is 0. The highest BCUT2D eigenvalue weighted by Gasteiger charge is 2.32. The highest BCUT2D eigenvalue weighted by molar-refractivity contribution is 8.00. The lowest BCUT2D eigenvalue weighted by Gasteiger charge is -2.15. The lowest BCUT2D eigenvalue weighted by Crippen LogP contribution is -2.15. The summed E-state index contributed by atoms with van der Waals surface area (Å²) in [4.78, 5) is 17.3. The molecule has 2 aromatic carbocycles. The first-order chi connectivity index (χ1) is 14.7. The number of aryl methyl sites for hydroxylation is 1. The van der Waals surface area contributed by atoms with E-state index in [0.29, 0.717) is 11.6 Å². The first-order valence-corrected chi connectivity index (χ1v) is 11.3. The molecule has 4 heterocycles. The van der Waals surface area contributed by atoms with Crippen LogP contribution < -0.4 is 14.8 Å². The van der Waals surface area contributed by atoms with Crippen molar-refractivity contribution in [1.29, 1.82) is 0 Å². The number of ether oxygens (including phenoxy) is 2. The summed E-state index contributed by atoms with van der Waals surface area (Å²) >= 11 is 3.13. The predicted molar refractivity (Wildman–Crippen MR) is 117 cm³/mol. The molecule has 1 unspecified atom stereocenters. The molecule has 2 aromatic heterocycles. The number of thioether (sulfide) groups is 1. The van der Waals surface area contributed by atoms with Gasteiger partial charge in [0.1, 0.15) is 5.82 Å². The number of rotatable bonds is 2. The molecule has 150 valence electrons. The number of aromatic nitrogens is 3. The normalized spacial score (nSPS) is 17.6. The van der Waals surface area contributed by atoms with Crippen molar-refractivity contribution in [2.24, 2.45) is 0 Å². The number of carbonyl (C=O) groups is 1. The Balaban J connectivity index is 1.51. The highest BCUT2D eigenvalue weighted by Crippen LogP contribution is 2.46. The van der Waals surface area contributed by atoms with Crippen LogP contribution >= 0.6 is 23.1 Å². The minimum atomic E-state index is -0.0587. The molecule has 1 atom stereocenters. The Morgan fingerprint density at radius 3 is 2.93 bits per heavy atom. The van der Waals surface area contributed by atoms with Gasteiger partial charge < -0.3 is 14.8 Å². The van der Waals surface area contributed by atoms with Crippen molar-refractivity contribution < 1.29 is 14.3 Å². The molecule has 2 aliphatic heterocycles. The number of amides is 1. The van der Waals surface area contributed by atoms with Crippen molar-refractivity contribution >= 4 is 45.0 Å². The Morgan fingerprint density at radius 1 is 1.17 bits per heavy atom. The quantitative estimate of drug-likeness (QED) is 0.505. The maximum Gasteiger partial charge on any atom is 0.235 e. The number of nitrogens with one attached hydrogen (secondary N) is 1. The van der Waals surface area contributed by atoms with Crippen molar-refractivity contribution in [2.45, 2.75) is 12.2 Å². The zero-order valence-corrected chi connectivity index (χ0v) is 17.5. The number of hydrogen-bond donors (Lipinski definition) is 1. The standard InChI is InChI=1S/C21H16N4O3S2/c1-11-18-19(12-6-7-14-15(8-12)28-10-27-14)29-9-17(26)23-20(18)25(24-11)21-22-13-4-2-3-5-16(13)30-21/h2-8,19H,9-10H2,1H3,(H,23,26). The van der Waals surface area contributed by atoms with Crippen LogP contribution in [0.25, 0.3) is 15.3 Å². The van der Waals surface area contributed by atoms with Gasteiger partial charge in [-0.2, -0.15) is 9.78 Å². The maximum absolute atomic E-state index is 12.5. The maximum atomic E-state index is 12.5. The number of hydrogen-bond acceptors (Lipinski definition) is 7. The van der Waals surface area contributed by atoms with Gasteiger partial charge in [-0.05, 0) is 36.8 Å². The van der Waals surface area contributed by atoms with Crippen LogP contribution in [0.15, 0.2) is 42.5 Å². The van der Waals surface area contributed by atoms with E-state index in [0.717, 1.165) is 43.7 Å². The van der Waals surface area contributed by atoms with Gasteiger partial charge >= 0.3 is 0 Å². The molecule has 1 amide bonds. The fourth-order valence-corrected chi connectivity index (χ4v) is 5.91. The zero-order valence-electron chi connectivity index (χ0n) is 15.9. The number of fused-ring (bicyclic) bond motifs is 3. The fourth-order valence-electron chi connectivity index (χ4n) is 3.81. The van der Waals surface area contributed by atoms with Crippen molar-refractivity contribution in [3.8, 4) is 16.6 Å². The summed E-state index contributed by atoms with van der Waals surface area (Å²) in [5.74, 6) is 2.46. The van der Waals surface area contributed by atoms with Crippen LogP contribution in [-0.4, -0.2) is 33.2 Å². The van der Waals surface area contributed by atoms with E-state index in [2.05, 4.69) is 5.32 Å². The molecule has 9 heteroatoms. The van der Waals surface area contributed by atoms with Gasteiger partial charge in [-0.3, -0.25) is 4.79 Å². The van der Waals surface area contributed by atoms with Gasteiger partial charge in [0.15, 0.2) is 11.5 Å². The summed E-state index contributed by atoms with van der Waals surface area (Å²) in [5.41, 5.74) is 3.82. The molecule has 0 saturated heterocycles. The van der Waals surface area contributed by atoms with E-state index in [1.54, 1.807) is 27.8 Å². The molecular weight excluding hydrogens is 420 g/mol. The SMILES string of the molecule is Cc1nn(-c2nc3ccccc3s2)c2c1C(c1ccc3c(c1)OCO3)SCC(=O)N2. The largest absolute Gasteiger partial charge is 0.454 e. The van der Waals surface area contributed by atoms with Gasteiger partial charge in [-0.15, -0.1) is 11.8 Å². The Kier molecular flexibility index (Phi) is 4.00. The van der Waals surface area contributed by atoms with Crippen molar-refractivity contribution in [3.63, 3.8) is 0 Å². The summed E-state index contributed by atoms with van der Waals surface area (Å²) < 4.78 is 13.9. The molecule has 4 aromatic rings. The lowest BCUT2D eigenvalue weighted by molar-refractivity contribution is -0.113. The van der Waals surface area contributed by atoms with Gasteiger partial charge in [-0.25, -0.2) is 4.98 Å². The summed E-state index contributed by atoms with van der Waals surface area (Å²) in [6.07, 6.45) is 0. The third kappa shape index (κ3) is 2.77. The molecule has 2 aliphatic rings. The van der Waals surface area contributed by atoms with Crippen LogP contribution in [0.4, 0.5) is 5.82 Å². The Morgan fingerprint density at radius 2 is 2.03 bits per heavy atom. The number of anilines is 1. The third-order valence-electron chi connectivity index (χ3n) is 5.17. The average molecular weight is 437 g/mol. The van der Waals surface area contributed by atoms with Crippen LogP contribution in [0.3, 0.4) is 0 Å². The van der Waals surface area contributed by atoms with E-state index in [1.165, 1.54) is 0 Å². The molecule has 0 aliphatic carbocycles. The third-order valence-corrected chi connectivity index (χ3v) is 7.45. The van der Waals surface area contributed by atoms with Gasteiger partial charge in [0, 0.05) is 5.56 Å². The molecule has 7 nitrogen and oxygen atoms in total. The second-order valence-corrected chi connectivity index (χ2v) is 9.18. The van der Waals surface area contributed by atoms with E-state index in [1.807, 2.05) is 49.4 Å². The Bertz CT molecular complexity index is 1280. The molecule has 0 bridgehead atoms. The van der Waals surface area contributed by atoms with Crippen molar-refractivity contribution in [3.05, 3.63) is 59.3 Å². The molecule has 6 rings (SSSR count). The van der Waals surface area contributed by atoms with Gasteiger partial charge in [-0.1, -0.05) is 29.5 Å². The average Bonchev–Trinajstić information content (AvgIpc) is 3.43. The second kappa shape index (κ2) is 6.75. The highest BCUT2D eigenvalue weighted by atomic mass is 32.2. The molecule has 30 heavy (non-hydrogen) atoms. The zero-order chi connectivity index (χ0) is 20.2. The number of carbonyl (C=O) groups excluding carboxylic acids is 1. The monoisotopic (exact) mass is 436 g/mol. The van der Waals surface area contributed by atoms with E-state index in [-0.39, 0.29) is 18.0 Å². The second-order valence-electron chi connectivity index (χ2n) is 7.08. The summed E-state index contributed by atoms with van der Waals surface area (Å²) in [5, 5.41) is 8.50. The first-order valence-electron chi connectivity index (χ1n) is 9.44. The van der Waals surface area contributed by atoms with Crippen LogP contribution in [0.1, 0.15) is 22.1 Å². The summed E-state index contributed by atoms with van der Waals surface area (Å²) in [6, 6.07) is 13.9. The number of para-hydroxylation sites is 1. The molecule has 0 saturated carbocycles. The Hall–Kier alpha value is -3.04. The molecule has 0 fully saturated rings. The Labute approximate surface area is 180 Å². The van der Waals surface area contributed by atoms with Gasteiger partial charge in [0.2, 0.25) is 17.8 Å².